The van der Waals surface area contributed by atoms with Crippen LogP contribution in [0.5, 0.6) is 0 Å². The fourth-order valence-electron chi connectivity index (χ4n) is 2.80. The molecule has 0 unspecified atom stereocenters. The lowest BCUT2D eigenvalue weighted by atomic mass is 10.2. The van der Waals surface area contributed by atoms with E-state index in [1.165, 1.54) is 0 Å². The minimum atomic E-state index is -0.486. The third-order valence-corrected chi connectivity index (χ3v) is 3.79. The van der Waals surface area contributed by atoms with Gasteiger partial charge in [0.1, 0.15) is 11.1 Å². The molecule has 2 heterocycles. The van der Waals surface area contributed by atoms with Crippen LogP contribution in [0.15, 0.2) is 28.7 Å². The average Bonchev–Trinajstić information content (AvgIpc) is 3.09. The first-order valence-electron chi connectivity index (χ1n) is 8.01. The van der Waals surface area contributed by atoms with E-state index in [-0.39, 0.29) is 12.1 Å². The number of rotatable bonds is 3. The van der Waals surface area contributed by atoms with Crippen LogP contribution in [-0.2, 0) is 4.74 Å². The van der Waals surface area contributed by atoms with Gasteiger partial charge in [-0.25, -0.2) is 4.79 Å². The molecule has 2 aromatic rings. The van der Waals surface area contributed by atoms with Gasteiger partial charge in [-0.15, -0.1) is 0 Å². The Bertz CT molecular complexity index is 657. The summed E-state index contributed by atoms with van der Waals surface area (Å²) in [5.41, 5.74) is 1.15. The fraction of sp³-hybridized carbons (Fsp3) is 0.529. The number of nitrogens with zero attached hydrogens (tertiary/aromatic N) is 2. The highest BCUT2D eigenvalue weighted by atomic mass is 16.6. The number of alkyl carbamates (subject to hydrolysis) is 1. The maximum absolute atomic E-state index is 11.8. The second kappa shape index (κ2) is 6.10. The van der Waals surface area contributed by atoms with Gasteiger partial charge in [0, 0.05) is 13.1 Å². The Hall–Kier alpha value is -2.24. The lowest BCUT2D eigenvalue weighted by Crippen LogP contribution is -2.42. The van der Waals surface area contributed by atoms with Gasteiger partial charge in [-0.2, -0.15) is 4.98 Å². The number of oxazole rings is 1. The van der Waals surface area contributed by atoms with Crippen LogP contribution in [0.2, 0.25) is 0 Å². The quantitative estimate of drug-likeness (QED) is 0.940. The van der Waals surface area contributed by atoms with Crippen molar-refractivity contribution < 1.29 is 13.9 Å². The van der Waals surface area contributed by atoms with E-state index in [9.17, 15) is 4.79 Å². The van der Waals surface area contributed by atoms with Crippen molar-refractivity contribution in [2.75, 3.05) is 18.0 Å². The third kappa shape index (κ3) is 3.75. The van der Waals surface area contributed by atoms with Gasteiger partial charge in [-0.05, 0) is 45.7 Å². The smallest absolute Gasteiger partial charge is 0.407 e. The first-order valence-corrected chi connectivity index (χ1v) is 8.01. The number of ether oxygens (including phenoxy) is 1. The number of para-hydroxylation sites is 2. The molecule has 1 amide bonds. The summed E-state index contributed by atoms with van der Waals surface area (Å²) >= 11 is 0. The van der Waals surface area contributed by atoms with Gasteiger partial charge in [0.2, 0.25) is 0 Å². The molecule has 124 valence electrons. The number of carbonyl (C=O) groups excluding carboxylic acids is 1. The summed E-state index contributed by atoms with van der Waals surface area (Å²) in [5.74, 6) is 0. The van der Waals surface area contributed by atoms with Crippen molar-refractivity contribution in [1.82, 2.24) is 10.3 Å². The van der Waals surface area contributed by atoms with Crippen molar-refractivity contribution in [3.8, 4) is 0 Å². The highest BCUT2D eigenvalue weighted by Gasteiger charge is 2.29. The Balaban J connectivity index is 1.65. The molecule has 1 N–H and O–H groups in total. The zero-order valence-electron chi connectivity index (χ0n) is 13.8. The highest BCUT2D eigenvalue weighted by molar-refractivity contribution is 5.74. The maximum Gasteiger partial charge on any atom is 0.407 e. The van der Waals surface area contributed by atoms with Crippen LogP contribution in [0.3, 0.4) is 0 Å². The number of benzene rings is 1. The Kier molecular flexibility index (Phi) is 4.15. The number of amides is 1. The Morgan fingerprint density at radius 3 is 2.96 bits per heavy atom. The first-order chi connectivity index (χ1) is 10.9. The molecule has 1 aromatic carbocycles. The molecule has 1 saturated heterocycles. The lowest BCUT2D eigenvalue weighted by molar-refractivity contribution is 0.0524. The predicted octanol–water partition coefficient (Wildman–Crippen LogP) is 3.32. The molecule has 1 aliphatic heterocycles. The van der Waals surface area contributed by atoms with Crippen LogP contribution in [0.1, 0.15) is 33.6 Å². The summed E-state index contributed by atoms with van der Waals surface area (Å²) in [5, 5.41) is 2.84. The van der Waals surface area contributed by atoms with Gasteiger partial charge in [-0.3, -0.25) is 0 Å². The Morgan fingerprint density at radius 2 is 2.22 bits per heavy atom. The van der Waals surface area contributed by atoms with E-state index < -0.39 is 5.60 Å². The van der Waals surface area contributed by atoms with Crippen LogP contribution in [0, 0.1) is 0 Å². The molecule has 0 aliphatic carbocycles. The zero-order chi connectivity index (χ0) is 16.4. The number of aromatic nitrogens is 1. The molecular weight excluding hydrogens is 294 g/mol. The molecule has 6 heteroatoms. The van der Waals surface area contributed by atoms with Gasteiger partial charge >= 0.3 is 6.09 Å². The molecule has 0 saturated carbocycles. The summed E-state index contributed by atoms with van der Waals surface area (Å²) in [6, 6.07) is 8.53. The summed E-state index contributed by atoms with van der Waals surface area (Å²) < 4.78 is 11.1. The summed E-state index contributed by atoms with van der Waals surface area (Å²) in [6.07, 6.45) is 1.66. The third-order valence-electron chi connectivity index (χ3n) is 3.79. The molecule has 0 spiro atoms. The van der Waals surface area contributed by atoms with Crippen LogP contribution < -0.4 is 10.2 Å². The van der Waals surface area contributed by atoms with Crippen LogP contribution in [0.4, 0.5) is 10.8 Å². The first kappa shape index (κ1) is 15.6. The average molecular weight is 317 g/mol. The summed E-state index contributed by atoms with van der Waals surface area (Å²) in [7, 11) is 0. The van der Waals surface area contributed by atoms with E-state index in [0.29, 0.717) is 12.6 Å². The topological polar surface area (TPSA) is 67.6 Å². The van der Waals surface area contributed by atoms with Gasteiger partial charge in [0.25, 0.3) is 6.01 Å². The molecule has 6 nitrogen and oxygen atoms in total. The maximum atomic E-state index is 11.8. The van der Waals surface area contributed by atoms with E-state index >= 15 is 0 Å². The van der Waals surface area contributed by atoms with E-state index in [0.717, 1.165) is 30.5 Å². The number of hydrogen-bond donors (Lipinski definition) is 1. The normalized spacial score (nSPS) is 18.4. The van der Waals surface area contributed by atoms with Crippen molar-refractivity contribution in [3.05, 3.63) is 24.3 Å². The number of hydrogen-bond acceptors (Lipinski definition) is 5. The van der Waals surface area contributed by atoms with Crippen LogP contribution in [0.25, 0.3) is 11.1 Å². The van der Waals surface area contributed by atoms with Gasteiger partial charge in [-0.1, -0.05) is 12.1 Å². The van der Waals surface area contributed by atoms with Crippen molar-refractivity contribution >= 4 is 23.2 Å². The van der Waals surface area contributed by atoms with E-state index in [4.69, 9.17) is 9.15 Å². The Morgan fingerprint density at radius 1 is 1.43 bits per heavy atom. The number of carbonyl (C=O) groups is 1. The van der Waals surface area contributed by atoms with E-state index in [2.05, 4.69) is 15.2 Å². The van der Waals surface area contributed by atoms with E-state index in [1.807, 2.05) is 45.0 Å². The number of fused-ring (bicyclic) bond motifs is 1. The molecular formula is C17H23N3O3. The van der Waals surface area contributed by atoms with Gasteiger partial charge in [0.15, 0.2) is 5.58 Å². The van der Waals surface area contributed by atoms with Crippen molar-refractivity contribution in [1.29, 1.82) is 0 Å². The van der Waals surface area contributed by atoms with Crippen molar-refractivity contribution in [2.24, 2.45) is 0 Å². The summed E-state index contributed by atoms with van der Waals surface area (Å²) in [4.78, 5) is 18.5. The zero-order valence-corrected chi connectivity index (χ0v) is 13.8. The molecule has 0 bridgehead atoms. The minimum absolute atomic E-state index is 0.176. The second-order valence-corrected chi connectivity index (χ2v) is 6.84. The largest absolute Gasteiger partial charge is 0.444 e. The molecule has 3 rings (SSSR count). The summed E-state index contributed by atoms with van der Waals surface area (Å²) in [6.45, 7) is 6.97. The van der Waals surface area contributed by atoms with Crippen LogP contribution >= 0.6 is 0 Å². The second-order valence-electron chi connectivity index (χ2n) is 6.84. The van der Waals surface area contributed by atoms with Crippen molar-refractivity contribution in [3.63, 3.8) is 0 Å². The highest BCUT2D eigenvalue weighted by Crippen LogP contribution is 2.28. The monoisotopic (exact) mass is 317 g/mol. The van der Waals surface area contributed by atoms with E-state index in [1.54, 1.807) is 0 Å². The molecule has 1 aliphatic rings. The minimum Gasteiger partial charge on any atom is -0.444 e. The van der Waals surface area contributed by atoms with Gasteiger partial charge < -0.3 is 19.4 Å². The van der Waals surface area contributed by atoms with Gasteiger partial charge in [0.05, 0.1) is 6.04 Å². The van der Waals surface area contributed by atoms with Crippen molar-refractivity contribution in [2.45, 2.75) is 45.3 Å². The number of anilines is 1. The van der Waals surface area contributed by atoms with Crippen LogP contribution in [-0.4, -0.2) is 35.8 Å². The fourth-order valence-corrected chi connectivity index (χ4v) is 2.80. The molecule has 1 aromatic heterocycles. The molecule has 1 fully saturated rings. The standard InChI is InChI=1S/C17H23N3O3/c1-17(2,3)23-16(21)18-11-12-7-6-10-20(12)15-19-13-8-4-5-9-14(13)22-15/h4-5,8-9,12H,6-7,10-11H2,1-3H3,(H,18,21)/t12-/m0/s1. The Labute approximate surface area is 135 Å². The molecule has 0 radical (unpaired) electrons. The molecule has 1 atom stereocenters. The SMILES string of the molecule is CC(C)(C)OC(=O)NC[C@@H]1CCCN1c1nc2ccccc2o1. The number of nitrogens with one attached hydrogen (secondary N) is 1. The lowest BCUT2D eigenvalue weighted by Gasteiger charge is -2.24. The predicted molar refractivity (Wildman–Crippen MR) is 88.6 cm³/mol. The molecule has 23 heavy (non-hydrogen) atoms.